The minimum absolute atomic E-state index is 0.282. The van der Waals surface area contributed by atoms with Crippen molar-refractivity contribution in [1.82, 2.24) is 0 Å². The van der Waals surface area contributed by atoms with Crippen molar-refractivity contribution in [3.8, 4) is 0 Å². The molecule has 0 atom stereocenters. The number of carbonyl (C=O) groups excluding carboxylic acids is 1. The topological polar surface area (TPSA) is 26.3 Å². The van der Waals surface area contributed by atoms with Gasteiger partial charge in [0.2, 0.25) is 0 Å². The fraction of sp³-hybridized carbons (Fsp3) is 0.400. The Labute approximate surface area is 53.9 Å². The molecule has 46 valence electrons. The maximum Gasteiger partial charge on any atom is 0.311 e. The summed E-state index contributed by atoms with van der Waals surface area (Å²) >= 11 is 3.82. The molecule has 0 bridgehead atoms. The Morgan fingerprint density at radius 2 is 2.50 bits per heavy atom. The van der Waals surface area contributed by atoms with Crippen molar-refractivity contribution in [3.05, 3.63) is 12.8 Å². The van der Waals surface area contributed by atoms with Gasteiger partial charge >= 0.3 is 5.97 Å². The molecule has 0 N–H and O–H groups in total. The van der Waals surface area contributed by atoms with Gasteiger partial charge in [0.05, 0.1) is 12.7 Å². The Balaban J connectivity index is 3.18. The molecule has 0 saturated heterocycles. The van der Waals surface area contributed by atoms with Crippen LogP contribution in [0.1, 0.15) is 6.42 Å². The molecule has 0 aliphatic heterocycles. The molecule has 0 aromatic carbocycles. The second-order valence-electron chi connectivity index (χ2n) is 1.13. The molecule has 0 spiro atoms. The molecule has 0 amide bonds. The minimum atomic E-state index is -0.282. The molecular formula is C5H8O2S. The molecule has 0 heterocycles. The third-order valence-corrected chi connectivity index (χ3v) is 0.754. The van der Waals surface area contributed by atoms with Crippen LogP contribution < -0.4 is 0 Å². The third-order valence-electron chi connectivity index (χ3n) is 0.531. The van der Waals surface area contributed by atoms with Crippen LogP contribution in [-0.2, 0) is 9.53 Å². The second-order valence-corrected chi connectivity index (χ2v) is 1.58. The van der Waals surface area contributed by atoms with Gasteiger partial charge < -0.3 is 4.74 Å². The summed E-state index contributed by atoms with van der Waals surface area (Å²) in [5.74, 6) is 0.238. The van der Waals surface area contributed by atoms with Crippen LogP contribution in [0.3, 0.4) is 0 Å². The average Bonchev–Trinajstić information content (AvgIpc) is 1.68. The van der Waals surface area contributed by atoms with E-state index in [4.69, 9.17) is 0 Å². The van der Waals surface area contributed by atoms with Gasteiger partial charge in [-0.2, -0.15) is 12.6 Å². The largest absolute Gasteiger partial charge is 0.435 e. The molecule has 0 aromatic heterocycles. The SMILES string of the molecule is C=COC(=O)CCS. The predicted octanol–water partition coefficient (Wildman–Crippen LogP) is 0.993. The zero-order valence-corrected chi connectivity index (χ0v) is 5.36. The molecule has 0 saturated carbocycles. The Bertz CT molecular complexity index is 90.4. The van der Waals surface area contributed by atoms with E-state index in [2.05, 4.69) is 23.9 Å². The third kappa shape index (κ3) is 3.74. The Morgan fingerprint density at radius 1 is 1.88 bits per heavy atom. The van der Waals surface area contributed by atoms with Crippen LogP contribution in [0, 0.1) is 0 Å². The van der Waals surface area contributed by atoms with Crippen molar-refractivity contribution in [1.29, 1.82) is 0 Å². The van der Waals surface area contributed by atoms with Crippen molar-refractivity contribution in [2.75, 3.05) is 5.75 Å². The smallest absolute Gasteiger partial charge is 0.311 e. The summed E-state index contributed by atoms with van der Waals surface area (Å²) < 4.78 is 4.36. The number of carbonyl (C=O) groups is 1. The molecule has 0 radical (unpaired) electrons. The van der Waals surface area contributed by atoms with Gasteiger partial charge in [-0.25, -0.2) is 0 Å². The molecule has 0 aliphatic carbocycles. The van der Waals surface area contributed by atoms with E-state index >= 15 is 0 Å². The fourth-order valence-corrected chi connectivity index (χ4v) is 0.426. The first kappa shape index (κ1) is 7.56. The van der Waals surface area contributed by atoms with E-state index in [1.807, 2.05) is 0 Å². The van der Waals surface area contributed by atoms with Crippen LogP contribution in [0.25, 0.3) is 0 Å². The zero-order chi connectivity index (χ0) is 6.41. The molecule has 0 aromatic rings. The van der Waals surface area contributed by atoms with E-state index in [1.54, 1.807) is 0 Å². The van der Waals surface area contributed by atoms with Gasteiger partial charge in [-0.1, -0.05) is 6.58 Å². The Kier molecular flexibility index (Phi) is 4.45. The van der Waals surface area contributed by atoms with Gasteiger partial charge in [0, 0.05) is 5.75 Å². The van der Waals surface area contributed by atoms with Gasteiger partial charge in [-0.3, -0.25) is 4.79 Å². The highest BCUT2D eigenvalue weighted by atomic mass is 32.1. The molecular weight excluding hydrogens is 124 g/mol. The normalized spacial score (nSPS) is 8.12. The summed E-state index contributed by atoms with van der Waals surface area (Å²) in [6.45, 7) is 3.21. The Hall–Kier alpha value is -0.440. The van der Waals surface area contributed by atoms with Crippen LogP contribution in [-0.4, -0.2) is 11.7 Å². The van der Waals surface area contributed by atoms with E-state index in [1.165, 1.54) is 0 Å². The zero-order valence-electron chi connectivity index (χ0n) is 4.46. The summed E-state index contributed by atoms with van der Waals surface area (Å²) in [4.78, 5) is 10.3. The van der Waals surface area contributed by atoms with Crippen LogP contribution in [0.2, 0.25) is 0 Å². The van der Waals surface area contributed by atoms with Crippen molar-refractivity contribution in [2.24, 2.45) is 0 Å². The van der Waals surface area contributed by atoms with Crippen molar-refractivity contribution in [3.63, 3.8) is 0 Å². The van der Waals surface area contributed by atoms with Crippen LogP contribution >= 0.6 is 12.6 Å². The lowest BCUT2D eigenvalue weighted by atomic mass is 10.5. The second kappa shape index (κ2) is 4.71. The van der Waals surface area contributed by atoms with Gasteiger partial charge in [-0.15, -0.1) is 0 Å². The molecule has 3 heteroatoms. The molecule has 0 aliphatic rings. The van der Waals surface area contributed by atoms with Gasteiger partial charge in [0.1, 0.15) is 0 Å². The molecule has 0 rings (SSSR count). The van der Waals surface area contributed by atoms with Crippen LogP contribution in [0.5, 0.6) is 0 Å². The van der Waals surface area contributed by atoms with E-state index < -0.39 is 0 Å². The van der Waals surface area contributed by atoms with Crippen LogP contribution in [0.4, 0.5) is 0 Å². The molecule has 2 nitrogen and oxygen atoms in total. The number of esters is 1. The maximum atomic E-state index is 10.3. The lowest BCUT2D eigenvalue weighted by Crippen LogP contribution is -1.98. The monoisotopic (exact) mass is 132 g/mol. The van der Waals surface area contributed by atoms with Gasteiger partial charge in [0.15, 0.2) is 0 Å². The number of rotatable bonds is 3. The predicted molar refractivity (Wildman–Crippen MR) is 34.8 cm³/mol. The first-order chi connectivity index (χ1) is 3.81. The lowest BCUT2D eigenvalue weighted by molar-refractivity contribution is -0.137. The van der Waals surface area contributed by atoms with Gasteiger partial charge in [-0.05, 0) is 0 Å². The summed E-state index contributed by atoms with van der Waals surface area (Å²) in [5, 5.41) is 0. The number of hydrogen-bond donors (Lipinski definition) is 1. The highest BCUT2D eigenvalue weighted by Crippen LogP contribution is 1.87. The number of thiol groups is 1. The van der Waals surface area contributed by atoms with E-state index in [0.717, 1.165) is 6.26 Å². The highest BCUT2D eigenvalue weighted by molar-refractivity contribution is 7.80. The first-order valence-corrected chi connectivity index (χ1v) is 2.85. The molecule has 0 fully saturated rings. The summed E-state index contributed by atoms with van der Waals surface area (Å²) in [7, 11) is 0. The number of hydrogen-bond acceptors (Lipinski definition) is 3. The summed E-state index contributed by atoms with van der Waals surface area (Å²) in [6, 6.07) is 0. The summed E-state index contributed by atoms with van der Waals surface area (Å²) in [6.07, 6.45) is 1.46. The maximum absolute atomic E-state index is 10.3. The average molecular weight is 132 g/mol. The highest BCUT2D eigenvalue weighted by Gasteiger charge is 1.94. The Morgan fingerprint density at radius 3 is 2.88 bits per heavy atom. The lowest BCUT2D eigenvalue weighted by Gasteiger charge is -1.91. The fourth-order valence-electron chi connectivity index (χ4n) is 0.243. The molecule has 0 unspecified atom stereocenters. The van der Waals surface area contributed by atoms with E-state index in [-0.39, 0.29) is 5.97 Å². The minimum Gasteiger partial charge on any atom is -0.435 e. The molecule has 8 heavy (non-hydrogen) atoms. The summed E-state index contributed by atoms with van der Waals surface area (Å²) in [5.41, 5.74) is 0. The first-order valence-electron chi connectivity index (χ1n) is 2.22. The number of ether oxygens (including phenoxy) is 1. The quantitative estimate of drug-likeness (QED) is 0.352. The van der Waals surface area contributed by atoms with Gasteiger partial charge in [0.25, 0.3) is 0 Å². The van der Waals surface area contributed by atoms with Crippen molar-refractivity contribution < 1.29 is 9.53 Å². The van der Waals surface area contributed by atoms with Crippen LogP contribution in [0.15, 0.2) is 12.8 Å². The van der Waals surface area contributed by atoms with E-state index in [0.29, 0.717) is 12.2 Å². The van der Waals surface area contributed by atoms with E-state index in [9.17, 15) is 4.79 Å². The standard InChI is InChI=1S/C5H8O2S/c1-2-7-5(6)3-4-8/h2,8H,1,3-4H2. The van der Waals surface area contributed by atoms with Crippen molar-refractivity contribution in [2.45, 2.75) is 6.42 Å². The van der Waals surface area contributed by atoms with Crippen molar-refractivity contribution >= 4 is 18.6 Å².